The summed E-state index contributed by atoms with van der Waals surface area (Å²) in [5, 5.41) is 14.5. The average molecular weight is 462 g/mol. The van der Waals surface area contributed by atoms with Crippen molar-refractivity contribution in [2.45, 2.75) is 38.8 Å². The Bertz CT molecular complexity index is 1310. The van der Waals surface area contributed by atoms with Gasteiger partial charge < -0.3 is 9.80 Å². The van der Waals surface area contributed by atoms with E-state index in [0.29, 0.717) is 29.7 Å². The minimum absolute atomic E-state index is 0.0167. The van der Waals surface area contributed by atoms with Crippen LogP contribution in [0.3, 0.4) is 0 Å². The van der Waals surface area contributed by atoms with Crippen LogP contribution in [-0.2, 0) is 11.3 Å². The van der Waals surface area contributed by atoms with Crippen molar-refractivity contribution in [3.63, 3.8) is 0 Å². The van der Waals surface area contributed by atoms with Gasteiger partial charge in [0.1, 0.15) is 22.4 Å². The lowest BCUT2D eigenvalue weighted by atomic mass is 10.1. The van der Waals surface area contributed by atoms with Crippen molar-refractivity contribution in [2.24, 2.45) is 5.92 Å². The van der Waals surface area contributed by atoms with Crippen LogP contribution < -0.4 is 9.80 Å². The predicted octanol–water partition coefficient (Wildman–Crippen LogP) is 3.49. The van der Waals surface area contributed by atoms with Crippen LogP contribution in [0.15, 0.2) is 36.4 Å². The van der Waals surface area contributed by atoms with E-state index in [1.807, 2.05) is 34.3 Å². The van der Waals surface area contributed by atoms with Crippen LogP contribution in [0.5, 0.6) is 0 Å². The maximum absolute atomic E-state index is 13.2. The summed E-state index contributed by atoms with van der Waals surface area (Å²) in [6.45, 7) is 2.92. The molecule has 0 spiro atoms. The Kier molecular flexibility index (Phi) is 4.72. The number of hydrogen-bond donors (Lipinski definition) is 1. The minimum atomic E-state index is -0.369. The molecule has 5 heterocycles. The summed E-state index contributed by atoms with van der Waals surface area (Å²) in [4.78, 5) is 30.8. The number of hydrogen-bond acceptors (Lipinski definition) is 8. The summed E-state index contributed by atoms with van der Waals surface area (Å²) >= 11 is 1.52. The largest absolute Gasteiger partial charge is 0.309 e. The number of fused-ring (bicyclic) bond motifs is 1. The third kappa shape index (κ3) is 3.39. The molecule has 1 aliphatic heterocycles. The van der Waals surface area contributed by atoms with Gasteiger partial charge in [0.25, 0.3) is 0 Å². The standard InChI is InChI=1S/C22H23N9OS/c1-3-16-22(32)29(2)17-10-24-19(15-9-25-28-18(15)21-23-6-7-33-21)27-20(17)31(16)14-8-26-30(12-14)11-13-4-5-13/h6-10,12-13,16H,3-5,11H2,1-2H3,(H,25,28). The highest BCUT2D eigenvalue weighted by Crippen LogP contribution is 2.41. The van der Waals surface area contributed by atoms with E-state index in [4.69, 9.17) is 4.98 Å². The van der Waals surface area contributed by atoms with E-state index < -0.39 is 0 Å². The van der Waals surface area contributed by atoms with Crippen molar-refractivity contribution in [1.82, 2.24) is 34.9 Å². The van der Waals surface area contributed by atoms with E-state index in [2.05, 4.69) is 25.3 Å². The van der Waals surface area contributed by atoms with Crippen molar-refractivity contribution >= 4 is 34.4 Å². The summed E-state index contributed by atoms with van der Waals surface area (Å²) in [5.41, 5.74) is 3.08. The Balaban J connectivity index is 1.46. The maximum Gasteiger partial charge on any atom is 0.250 e. The molecule has 33 heavy (non-hydrogen) atoms. The van der Waals surface area contributed by atoms with E-state index in [-0.39, 0.29) is 11.9 Å². The third-order valence-electron chi connectivity index (χ3n) is 6.22. The first-order valence-corrected chi connectivity index (χ1v) is 11.9. The Morgan fingerprint density at radius 2 is 2.09 bits per heavy atom. The van der Waals surface area contributed by atoms with Gasteiger partial charge in [0.05, 0.1) is 29.8 Å². The molecule has 1 amide bonds. The summed E-state index contributed by atoms with van der Waals surface area (Å²) < 4.78 is 1.97. The summed E-state index contributed by atoms with van der Waals surface area (Å²) in [7, 11) is 1.78. The van der Waals surface area contributed by atoms with Gasteiger partial charge in [0.2, 0.25) is 5.91 Å². The quantitative estimate of drug-likeness (QED) is 0.468. The second kappa shape index (κ2) is 7.77. The number of amides is 1. The van der Waals surface area contributed by atoms with Gasteiger partial charge in [0, 0.05) is 31.4 Å². The molecular formula is C22H23N9OS. The van der Waals surface area contributed by atoms with Gasteiger partial charge >= 0.3 is 0 Å². The fourth-order valence-corrected chi connectivity index (χ4v) is 4.92. The molecule has 1 saturated carbocycles. The van der Waals surface area contributed by atoms with E-state index in [1.54, 1.807) is 30.5 Å². The number of anilines is 3. The van der Waals surface area contributed by atoms with Crippen molar-refractivity contribution in [2.75, 3.05) is 16.8 Å². The predicted molar refractivity (Wildman–Crippen MR) is 125 cm³/mol. The number of nitrogens with zero attached hydrogens (tertiary/aromatic N) is 8. The highest BCUT2D eigenvalue weighted by Gasteiger charge is 2.39. The number of H-pyrrole nitrogens is 1. The maximum atomic E-state index is 13.2. The molecule has 4 aromatic heterocycles. The summed E-state index contributed by atoms with van der Waals surface area (Å²) in [6, 6.07) is -0.369. The first kappa shape index (κ1) is 20.0. The van der Waals surface area contributed by atoms with Crippen LogP contribution in [0.25, 0.3) is 22.1 Å². The zero-order valence-corrected chi connectivity index (χ0v) is 19.2. The average Bonchev–Trinajstić information content (AvgIpc) is 3.23. The van der Waals surface area contributed by atoms with Crippen molar-refractivity contribution in [3.8, 4) is 22.1 Å². The van der Waals surface area contributed by atoms with Gasteiger partial charge in [-0.1, -0.05) is 6.92 Å². The molecule has 1 N–H and O–H groups in total. The zero-order valence-electron chi connectivity index (χ0n) is 18.3. The Hall–Kier alpha value is -3.60. The molecular weight excluding hydrogens is 438 g/mol. The van der Waals surface area contributed by atoms with Crippen LogP contribution in [0, 0.1) is 5.92 Å². The molecule has 1 atom stereocenters. The second-order valence-electron chi connectivity index (χ2n) is 8.45. The fraction of sp³-hybridized carbons (Fsp3) is 0.364. The number of carbonyl (C=O) groups excluding carboxylic acids is 1. The topological polar surface area (TPSA) is 109 Å². The zero-order chi connectivity index (χ0) is 22.5. The molecule has 0 aromatic carbocycles. The summed E-state index contributed by atoms with van der Waals surface area (Å²) in [5.74, 6) is 1.94. The molecule has 168 valence electrons. The van der Waals surface area contributed by atoms with Gasteiger partial charge in [-0.15, -0.1) is 11.3 Å². The molecule has 1 aliphatic carbocycles. The van der Waals surface area contributed by atoms with E-state index in [1.165, 1.54) is 24.2 Å². The molecule has 11 heteroatoms. The van der Waals surface area contributed by atoms with Crippen LogP contribution >= 0.6 is 11.3 Å². The van der Waals surface area contributed by atoms with Gasteiger partial charge in [-0.05, 0) is 25.2 Å². The highest BCUT2D eigenvalue weighted by molar-refractivity contribution is 7.13. The fourth-order valence-electron chi connectivity index (χ4n) is 4.28. The van der Waals surface area contributed by atoms with E-state index in [9.17, 15) is 4.79 Å². The van der Waals surface area contributed by atoms with Crippen LogP contribution in [0.4, 0.5) is 17.2 Å². The SMILES string of the molecule is CCC1C(=O)N(C)c2cnc(-c3cn[nH]c3-c3nccs3)nc2N1c1cnn(CC2CC2)c1. The third-order valence-corrected chi connectivity index (χ3v) is 7.01. The molecule has 0 radical (unpaired) electrons. The normalized spacial score (nSPS) is 18.1. The first-order chi connectivity index (χ1) is 16.1. The molecule has 4 aromatic rings. The molecule has 2 aliphatic rings. The van der Waals surface area contributed by atoms with Crippen molar-refractivity contribution in [3.05, 3.63) is 36.4 Å². The number of aromatic amines is 1. The Labute approximate surface area is 194 Å². The molecule has 1 unspecified atom stereocenters. The van der Waals surface area contributed by atoms with Crippen molar-refractivity contribution in [1.29, 1.82) is 0 Å². The molecule has 1 fully saturated rings. The number of likely N-dealkylation sites (N-methyl/N-ethyl adjacent to an activating group) is 1. The number of rotatable bonds is 6. The lowest BCUT2D eigenvalue weighted by Crippen LogP contribution is -2.50. The minimum Gasteiger partial charge on any atom is -0.309 e. The molecule has 10 nitrogen and oxygen atoms in total. The van der Waals surface area contributed by atoms with E-state index >= 15 is 0 Å². The Morgan fingerprint density at radius 1 is 1.21 bits per heavy atom. The van der Waals surface area contributed by atoms with Crippen LogP contribution in [0.2, 0.25) is 0 Å². The lowest BCUT2D eigenvalue weighted by molar-refractivity contribution is -0.119. The molecule has 0 bridgehead atoms. The van der Waals surface area contributed by atoms with E-state index in [0.717, 1.165) is 28.5 Å². The van der Waals surface area contributed by atoms with Gasteiger partial charge in [-0.2, -0.15) is 10.2 Å². The summed E-state index contributed by atoms with van der Waals surface area (Å²) in [6.07, 6.45) is 12.2. The number of nitrogens with one attached hydrogen (secondary N) is 1. The van der Waals surface area contributed by atoms with Gasteiger partial charge in [0.15, 0.2) is 11.6 Å². The molecule has 0 saturated heterocycles. The number of carbonyl (C=O) groups is 1. The molecule has 6 rings (SSSR count). The lowest BCUT2D eigenvalue weighted by Gasteiger charge is -2.39. The number of thiazole rings is 1. The monoisotopic (exact) mass is 461 g/mol. The first-order valence-electron chi connectivity index (χ1n) is 11.0. The second-order valence-corrected chi connectivity index (χ2v) is 9.35. The highest BCUT2D eigenvalue weighted by atomic mass is 32.1. The van der Waals surface area contributed by atoms with Crippen LogP contribution in [0.1, 0.15) is 26.2 Å². The van der Waals surface area contributed by atoms with Gasteiger partial charge in [-0.25, -0.2) is 15.0 Å². The Morgan fingerprint density at radius 3 is 2.85 bits per heavy atom. The smallest absolute Gasteiger partial charge is 0.250 e. The number of aromatic nitrogens is 7. The van der Waals surface area contributed by atoms with Crippen LogP contribution in [-0.4, -0.2) is 53.9 Å². The van der Waals surface area contributed by atoms with Gasteiger partial charge in [-0.3, -0.25) is 14.6 Å². The van der Waals surface area contributed by atoms with Crippen molar-refractivity contribution < 1.29 is 4.79 Å².